The zero-order chi connectivity index (χ0) is 12.3. The van der Waals surface area contributed by atoms with Crippen molar-refractivity contribution in [3.63, 3.8) is 0 Å². The molecule has 0 amide bonds. The van der Waals surface area contributed by atoms with Crippen LogP contribution in [-0.2, 0) is 10.0 Å². The minimum Gasteiger partial charge on any atom is -0.386 e. The lowest BCUT2D eigenvalue weighted by molar-refractivity contribution is 0.574. The van der Waals surface area contributed by atoms with Gasteiger partial charge in [-0.1, -0.05) is 6.07 Å². The second kappa shape index (κ2) is 4.58. The SMILES string of the molecule is CC(NS(=O)(=O)c1cccc(F)c1)C(=N)N. The maximum atomic E-state index is 12.8. The predicted molar refractivity (Wildman–Crippen MR) is 58.1 cm³/mol. The summed E-state index contributed by atoms with van der Waals surface area (Å²) < 4.78 is 38.3. The summed E-state index contributed by atoms with van der Waals surface area (Å²) in [5.74, 6) is -0.946. The average molecular weight is 245 g/mol. The second-order valence-corrected chi connectivity index (χ2v) is 4.97. The Bertz CT molecular complexity index is 501. The van der Waals surface area contributed by atoms with E-state index in [1.54, 1.807) is 0 Å². The maximum absolute atomic E-state index is 12.8. The van der Waals surface area contributed by atoms with Crippen LogP contribution >= 0.6 is 0 Å². The Morgan fingerprint density at radius 3 is 2.69 bits per heavy atom. The Morgan fingerprint density at radius 2 is 2.19 bits per heavy atom. The van der Waals surface area contributed by atoms with Gasteiger partial charge in [-0.15, -0.1) is 0 Å². The number of nitrogens with two attached hydrogens (primary N) is 1. The van der Waals surface area contributed by atoms with Crippen LogP contribution < -0.4 is 10.5 Å². The molecule has 7 heteroatoms. The molecule has 0 saturated carbocycles. The Labute approximate surface area is 93.0 Å². The zero-order valence-electron chi connectivity index (χ0n) is 8.57. The standard InChI is InChI=1S/C9H12FN3O2S/c1-6(9(11)12)13-16(14,15)8-4-2-3-7(10)5-8/h2-6,13H,1H3,(H3,11,12). The highest BCUT2D eigenvalue weighted by molar-refractivity contribution is 7.89. The molecule has 1 atom stereocenters. The highest BCUT2D eigenvalue weighted by Gasteiger charge is 2.18. The molecule has 88 valence electrons. The predicted octanol–water partition coefficient (Wildman–Crippen LogP) is 0.428. The zero-order valence-corrected chi connectivity index (χ0v) is 9.38. The highest BCUT2D eigenvalue weighted by atomic mass is 32.2. The number of nitrogens with one attached hydrogen (secondary N) is 2. The van der Waals surface area contributed by atoms with Gasteiger partial charge in [0.1, 0.15) is 11.7 Å². The summed E-state index contributed by atoms with van der Waals surface area (Å²) in [5, 5.41) is 7.06. The molecule has 0 bridgehead atoms. The molecule has 0 saturated heterocycles. The van der Waals surface area contributed by atoms with Crippen LogP contribution in [0.5, 0.6) is 0 Å². The lowest BCUT2D eigenvalue weighted by Crippen LogP contribution is -2.41. The number of hydrogen-bond donors (Lipinski definition) is 3. The van der Waals surface area contributed by atoms with Crippen molar-refractivity contribution < 1.29 is 12.8 Å². The van der Waals surface area contributed by atoms with E-state index in [9.17, 15) is 12.8 Å². The summed E-state index contributed by atoms with van der Waals surface area (Å²) in [5.41, 5.74) is 5.13. The Kier molecular flexibility index (Phi) is 3.61. The largest absolute Gasteiger partial charge is 0.386 e. The van der Waals surface area contributed by atoms with Gasteiger partial charge in [0.15, 0.2) is 0 Å². The summed E-state index contributed by atoms with van der Waals surface area (Å²) in [4.78, 5) is -0.194. The van der Waals surface area contributed by atoms with Crippen molar-refractivity contribution in [2.24, 2.45) is 5.73 Å². The summed E-state index contributed by atoms with van der Waals surface area (Å²) in [7, 11) is -3.84. The fourth-order valence-corrected chi connectivity index (χ4v) is 2.25. The third-order valence-electron chi connectivity index (χ3n) is 1.90. The lowest BCUT2D eigenvalue weighted by Gasteiger charge is -2.12. The third kappa shape index (κ3) is 3.01. The van der Waals surface area contributed by atoms with E-state index in [1.165, 1.54) is 19.1 Å². The molecular weight excluding hydrogens is 233 g/mol. The normalized spacial score (nSPS) is 13.4. The quantitative estimate of drug-likeness (QED) is 0.530. The van der Waals surface area contributed by atoms with E-state index >= 15 is 0 Å². The topological polar surface area (TPSA) is 96.0 Å². The summed E-state index contributed by atoms with van der Waals surface area (Å²) in [6.45, 7) is 1.43. The molecule has 0 aromatic heterocycles. The van der Waals surface area contributed by atoms with E-state index in [1.807, 2.05) is 0 Å². The average Bonchev–Trinajstić information content (AvgIpc) is 2.17. The van der Waals surface area contributed by atoms with Crippen LogP contribution in [0.1, 0.15) is 6.92 Å². The van der Waals surface area contributed by atoms with E-state index in [4.69, 9.17) is 11.1 Å². The Morgan fingerprint density at radius 1 is 1.56 bits per heavy atom. The molecule has 1 unspecified atom stereocenters. The molecule has 0 aliphatic rings. The fourth-order valence-electron chi connectivity index (χ4n) is 0.998. The summed E-state index contributed by atoms with van der Waals surface area (Å²) >= 11 is 0. The summed E-state index contributed by atoms with van der Waals surface area (Å²) in [6.07, 6.45) is 0. The van der Waals surface area contributed by atoms with Crippen LogP contribution in [0.2, 0.25) is 0 Å². The first-order chi connectivity index (χ1) is 7.33. The number of hydrogen-bond acceptors (Lipinski definition) is 3. The number of amidine groups is 1. The lowest BCUT2D eigenvalue weighted by atomic mass is 10.3. The van der Waals surface area contributed by atoms with Crippen LogP contribution in [0.4, 0.5) is 4.39 Å². The van der Waals surface area contributed by atoms with E-state index in [0.29, 0.717) is 0 Å². The first kappa shape index (κ1) is 12.6. The maximum Gasteiger partial charge on any atom is 0.241 e. The third-order valence-corrected chi connectivity index (χ3v) is 3.44. The van der Waals surface area contributed by atoms with Gasteiger partial charge < -0.3 is 5.73 Å². The molecule has 0 aliphatic carbocycles. The van der Waals surface area contributed by atoms with Crippen LogP contribution in [-0.4, -0.2) is 20.3 Å². The number of benzene rings is 1. The van der Waals surface area contributed by atoms with E-state index in [2.05, 4.69) is 4.72 Å². The number of sulfonamides is 1. The van der Waals surface area contributed by atoms with Gasteiger partial charge >= 0.3 is 0 Å². The minimum atomic E-state index is -3.84. The van der Waals surface area contributed by atoms with E-state index < -0.39 is 21.9 Å². The van der Waals surface area contributed by atoms with Crippen molar-refractivity contribution in [3.05, 3.63) is 30.1 Å². The minimum absolute atomic E-state index is 0.194. The molecule has 0 radical (unpaired) electrons. The van der Waals surface area contributed by atoms with Gasteiger partial charge in [0.25, 0.3) is 0 Å². The molecule has 0 aliphatic heterocycles. The fraction of sp³-hybridized carbons (Fsp3) is 0.222. The van der Waals surface area contributed by atoms with E-state index in [-0.39, 0.29) is 10.7 Å². The van der Waals surface area contributed by atoms with Gasteiger partial charge in [-0.3, -0.25) is 5.41 Å². The second-order valence-electron chi connectivity index (χ2n) is 3.26. The number of halogens is 1. The molecular formula is C9H12FN3O2S. The van der Waals surface area contributed by atoms with Crippen molar-refractivity contribution in [2.75, 3.05) is 0 Å². The van der Waals surface area contributed by atoms with Crippen molar-refractivity contribution >= 4 is 15.9 Å². The van der Waals surface area contributed by atoms with Crippen molar-refractivity contribution in [2.45, 2.75) is 17.9 Å². The molecule has 4 N–H and O–H groups in total. The van der Waals surface area contributed by atoms with E-state index in [0.717, 1.165) is 12.1 Å². The van der Waals surface area contributed by atoms with Gasteiger partial charge in [0.05, 0.1) is 10.9 Å². The smallest absolute Gasteiger partial charge is 0.241 e. The number of rotatable bonds is 4. The van der Waals surface area contributed by atoms with Crippen molar-refractivity contribution in [1.29, 1.82) is 5.41 Å². The van der Waals surface area contributed by atoms with Gasteiger partial charge in [-0.25, -0.2) is 17.5 Å². The molecule has 0 fully saturated rings. The van der Waals surface area contributed by atoms with Gasteiger partial charge in [0, 0.05) is 0 Å². The first-order valence-corrected chi connectivity index (χ1v) is 5.93. The Hall–Kier alpha value is -1.47. The summed E-state index contributed by atoms with van der Waals surface area (Å²) in [6, 6.07) is 3.77. The molecule has 5 nitrogen and oxygen atoms in total. The molecule has 0 spiro atoms. The van der Waals surface area contributed by atoms with Gasteiger partial charge in [-0.05, 0) is 25.1 Å². The molecule has 16 heavy (non-hydrogen) atoms. The highest BCUT2D eigenvalue weighted by Crippen LogP contribution is 2.10. The molecule has 1 aromatic carbocycles. The van der Waals surface area contributed by atoms with Crippen LogP contribution in [0.15, 0.2) is 29.2 Å². The Balaban J connectivity index is 2.99. The van der Waals surface area contributed by atoms with Crippen LogP contribution in [0.25, 0.3) is 0 Å². The van der Waals surface area contributed by atoms with Crippen LogP contribution in [0, 0.1) is 11.2 Å². The van der Waals surface area contributed by atoms with Crippen molar-refractivity contribution in [1.82, 2.24) is 4.72 Å². The van der Waals surface area contributed by atoms with Crippen molar-refractivity contribution in [3.8, 4) is 0 Å². The first-order valence-electron chi connectivity index (χ1n) is 4.45. The van der Waals surface area contributed by atoms with Crippen LogP contribution in [0.3, 0.4) is 0 Å². The molecule has 0 heterocycles. The molecule has 1 rings (SSSR count). The van der Waals surface area contributed by atoms with Gasteiger partial charge in [0.2, 0.25) is 10.0 Å². The molecule has 1 aromatic rings. The monoisotopic (exact) mass is 245 g/mol. The van der Waals surface area contributed by atoms with Gasteiger partial charge in [-0.2, -0.15) is 0 Å².